The standard InChI is InChI=1S/C10H19N5/c1-10(2)8-14(3)4-5-15(10)7-9-6-11-13-12-9/h6H,4-5,7-8H2,1-3H3,(H,11,12,13). The smallest absolute Gasteiger partial charge is 0.0964 e. The SMILES string of the molecule is CN1CCN(Cc2cn[nH]n2)C(C)(C)C1. The molecule has 1 aliphatic heterocycles. The van der Waals surface area contributed by atoms with Crippen LogP contribution in [0.3, 0.4) is 0 Å². The summed E-state index contributed by atoms with van der Waals surface area (Å²) in [6.45, 7) is 8.77. The molecule has 0 amide bonds. The first-order chi connectivity index (χ1) is 7.08. The number of aromatic nitrogens is 3. The zero-order valence-corrected chi connectivity index (χ0v) is 9.69. The van der Waals surface area contributed by atoms with E-state index in [-0.39, 0.29) is 5.54 Å². The second kappa shape index (κ2) is 3.90. The molecule has 2 heterocycles. The van der Waals surface area contributed by atoms with Crippen LogP contribution >= 0.6 is 0 Å². The molecular weight excluding hydrogens is 190 g/mol. The normalized spacial score (nSPS) is 23.1. The Kier molecular flexibility index (Phi) is 2.75. The fraction of sp³-hybridized carbons (Fsp3) is 0.800. The van der Waals surface area contributed by atoms with Crippen molar-refractivity contribution in [2.75, 3.05) is 26.7 Å². The van der Waals surface area contributed by atoms with Gasteiger partial charge in [-0.05, 0) is 20.9 Å². The quantitative estimate of drug-likeness (QED) is 0.762. The van der Waals surface area contributed by atoms with Crippen molar-refractivity contribution in [3.05, 3.63) is 11.9 Å². The van der Waals surface area contributed by atoms with E-state index in [1.54, 1.807) is 6.20 Å². The predicted octanol–water partition coefficient (Wildman–Crippen LogP) is 0.331. The highest BCUT2D eigenvalue weighted by Crippen LogP contribution is 2.21. The number of nitrogens with zero attached hydrogens (tertiary/aromatic N) is 4. The van der Waals surface area contributed by atoms with Gasteiger partial charge in [0.1, 0.15) is 0 Å². The van der Waals surface area contributed by atoms with E-state index in [0.717, 1.165) is 31.9 Å². The van der Waals surface area contributed by atoms with E-state index in [1.165, 1.54) is 0 Å². The summed E-state index contributed by atoms with van der Waals surface area (Å²) in [4.78, 5) is 4.84. The van der Waals surface area contributed by atoms with Crippen LogP contribution < -0.4 is 0 Å². The van der Waals surface area contributed by atoms with E-state index in [2.05, 4.69) is 46.1 Å². The van der Waals surface area contributed by atoms with Crippen molar-refractivity contribution < 1.29 is 0 Å². The predicted molar refractivity (Wildman–Crippen MR) is 58.4 cm³/mol. The minimum atomic E-state index is 0.214. The lowest BCUT2D eigenvalue weighted by Crippen LogP contribution is -2.57. The fourth-order valence-corrected chi connectivity index (χ4v) is 2.22. The number of nitrogens with one attached hydrogen (secondary N) is 1. The maximum absolute atomic E-state index is 4.10. The Hall–Kier alpha value is -0.940. The first-order valence-corrected chi connectivity index (χ1v) is 5.36. The number of hydrogen-bond acceptors (Lipinski definition) is 4. The van der Waals surface area contributed by atoms with Gasteiger partial charge >= 0.3 is 0 Å². The lowest BCUT2D eigenvalue weighted by molar-refractivity contribution is 0.0245. The largest absolute Gasteiger partial charge is 0.303 e. The van der Waals surface area contributed by atoms with E-state index in [4.69, 9.17) is 0 Å². The van der Waals surface area contributed by atoms with Crippen LogP contribution in [0.15, 0.2) is 6.20 Å². The molecule has 0 radical (unpaired) electrons. The molecule has 5 nitrogen and oxygen atoms in total. The first kappa shape index (κ1) is 10.6. The van der Waals surface area contributed by atoms with Gasteiger partial charge in [-0.15, -0.1) is 0 Å². The summed E-state index contributed by atoms with van der Waals surface area (Å²) in [5.74, 6) is 0. The van der Waals surface area contributed by atoms with E-state index in [1.807, 2.05) is 0 Å². The van der Waals surface area contributed by atoms with Crippen molar-refractivity contribution in [2.24, 2.45) is 0 Å². The number of likely N-dealkylation sites (N-methyl/N-ethyl adjacent to an activating group) is 1. The van der Waals surface area contributed by atoms with E-state index >= 15 is 0 Å². The van der Waals surface area contributed by atoms with Crippen molar-refractivity contribution in [2.45, 2.75) is 25.9 Å². The molecule has 1 aliphatic rings. The van der Waals surface area contributed by atoms with E-state index < -0.39 is 0 Å². The van der Waals surface area contributed by atoms with Crippen molar-refractivity contribution in [3.8, 4) is 0 Å². The van der Waals surface area contributed by atoms with Gasteiger partial charge in [0.25, 0.3) is 0 Å². The molecule has 1 fully saturated rings. The molecule has 0 aliphatic carbocycles. The average Bonchev–Trinajstić information content (AvgIpc) is 2.61. The minimum Gasteiger partial charge on any atom is -0.303 e. The summed E-state index contributed by atoms with van der Waals surface area (Å²) in [5.41, 5.74) is 1.24. The molecule has 1 N–H and O–H groups in total. The molecule has 1 saturated heterocycles. The van der Waals surface area contributed by atoms with E-state index in [9.17, 15) is 0 Å². The molecule has 0 unspecified atom stereocenters. The molecule has 1 aromatic rings. The van der Waals surface area contributed by atoms with Gasteiger partial charge in [0.2, 0.25) is 0 Å². The average molecular weight is 209 g/mol. The van der Waals surface area contributed by atoms with Crippen molar-refractivity contribution in [1.82, 2.24) is 25.2 Å². The third-order valence-corrected chi connectivity index (χ3v) is 3.08. The highest BCUT2D eigenvalue weighted by atomic mass is 15.3. The molecule has 84 valence electrons. The third kappa shape index (κ3) is 2.35. The van der Waals surface area contributed by atoms with Gasteiger partial charge in [-0.1, -0.05) is 0 Å². The van der Waals surface area contributed by atoms with Gasteiger partial charge < -0.3 is 4.90 Å². The maximum atomic E-state index is 4.10. The summed E-state index contributed by atoms with van der Waals surface area (Å²) in [6, 6.07) is 0. The Balaban J connectivity index is 2.02. The van der Waals surface area contributed by atoms with Crippen LogP contribution in [-0.4, -0.2) is 57.4 Å². The van der Waals surface area contributed by atoms with Gasteiger partial charge in [0.15, 0.2) is 0 Å². The molecule has 0 bridgehead atoms. The fourth-order valence-electron chi connectivity index (χ4n) is 2.22. The van der Waals surface area contributed by atoms with Crippen LogP contribution in [0.1, 0.15) is 19.5 Å². The van der Waals surface area contributed by atoms with Gasteiger partial charge in [-0.3, -0.25) is 4.90 Å². The van der Waals surface area contributed by atoms with Crippen LogP contribution in [0, 0.1) is 0 Å². The monoisotopic (exact) mass is 209 g/mol. The molecule has 2 rings (SSSR count). The van der Waals surface area contributed by atoms with E-state index in [0.29, 0.717) is 0 Å². The molecule has 0 spiro atoms. The van der Waals surface area contributed by atoms with Crippen LogP contribution in [-0.2, 0) is 6.54 Å². The molecule has 1 aromatic heterocycles. The van der Waals surface area contributed by atoms with Gasteiger partial charge in [-0.25, -0.2) is 0 Å². The van der Waals surface area contributed by atoms with Crippen LogP contribution in [0.25, 0.3) is 0 Å². The van der Waals surface area contributed by atoms with Crippen molar-refractivity contribution >= 4 is 0 Å². The zero-order chi connectivity index (χ0) is 10.9. The van der Waals surface area contributed by atoms with Crippen LogP contribution in [0.5, 0.6) is 0 Å². The summed E-state index contributed by atoms with van der Waals surface area (Å²) in [6.07, 6.45) is 1.80. The Labute approximate surface area is 90.5 Å². The minimum absolute atomic E-state index is 0.214. The number of H-pyrrole nitrogens is 1. The van der Waals surface area contributed by atoms with Crippen LogP contribution in [0.2, 0.25) is 0 Å². The van der Waals surface area contributed by atoms with Gasteiger partial charge in [0, 0.05) is 31.7 Å². The molecule has 0 aromatic carbocycles. The highest BCUT2D eigenvalue weighted by Gasteiger charge is 2.32. The second-order valence-electron chi connectivity index (χ2n) is 4.93. The summed E-state index contributed by atoms with van der Waals surface area (Å²) in [5, 5.41) is 10.6. The lowest BCUT2D eigenvalue weighted by Gasteiger charge is -2.45. The molecular formula is C10H19N5. The Morgan fingerprint density at radius 1 is 1.47 bits per heavy atom. The molecule has 15 heavy (non-hydrogen) atoms. The number of piperazine rings is 1. The van der Waals surface area contributed by atoms with Gasteiger partial charge in [0.05, 0.1) is 11.9 Å². The number of rotatable bonds is 2. The van der Waals surface area contributed by atoms with Gasteiger partial charge in [-0.2, -0.15) is 15.4 Å². The summed E-state index contributed by atoms with van der Waals surface area (Å²) >= 11 is 0. The first-order valence-electron chi connectivity index (χ1n) is 5.36. The zero-order valence-electron chi connectivity index (χ0n) is 9.69. The third-order valence-electron chi connectivity index (χ3n) is 3.08. The highest BCUT2D eigenvalue weighted by molar-refractivity contribution is 4.96. The lowest BCUT2D eigenvalue weighted by atomic mass is 9.99. The Bertz CT molecular complexity index is 306. The number of hydrogen-bond donors (Lipinski definition) is 1. The van der Waals surface area contributed by atoms with Crippen LogP contribution in [0.4, 0.5) is 0 Å². The molecule has 0 atom stereocenters. The second-order valence-corrected chi connectivity index (χ2v) is 4.93. The summed E-state index contributed by atoms with van der Waals surface area (Å²) < 4.78 is 0. The summed E-state index contributed by atoms with van der Waals surface area (Å²) in [7, 11) is 2.18. The molecule has 0 saturated carbocycles. The Morgan fingerprint density at radius 2 is 2.27 bits per heavy atom. The van der Waals surface area contributed by atoms with Crippen molar-refractivity contribution in [3.63, 3.8) is 0 Å². The number of aromatic amines is 1. The van der Waals surface area contributed by atoms with Crippen molar-refractivity contribution in [1.29, 1.82) is 0 Å². The maximum Gasteiger partial charge on any atom is 0.0964 e. The Morgan fingerprint density at radius 3 is 2.87 bits per heavy atom. The topological polar surface area (TPSA) is 48.0 Å². The molecule has 5 heteroatoms.